The molecule has 140 valence electrons. The summed E-state index contributed by atoms with van der Waals surface area (Å²) in [6.45, 7) is 0.595. The summed E-state index contributed by atoms with van der Waals surface area (Å²) in [6, 6.07) is 5.55. The third-order valence-corrected chi connectivity index (χ3v) is 6.05. The van der Waals surface area contributed by atoms with Crippen molar-refractivity contribution in [3.8, 4) is 0 Å². The van der Waals surface area contributed by atoms with Crippen LogP contribution in [0.2, 0.25) is 0 Å². The lowest BCUT2D eigenvalue weighted by atomic mass is 9.98. The van der Waals surface area contributed by atoms with Crippen molar-refractivity contribution in [2.75, 3.05) is 18.1 Å². The number of carbonyl (C=O) groups excluding carboxylic acids is 1. The van der Waals surface area contributed by atoms with Crippen LogP contribution in [0.15, 0.2) is 36.9 Å². The molecule has 0 bridgehead atoms. The average molecular weight is 385 g/mol. The van der Waals surface area contributed by atoms with Crippen molar-refractivity contribution in [2.24, 2.45) is 7.05 Å². The molecule has 0 fully saturated rings. The Balaban J connectivity index is 1.61. The lowest BCUT2D eigenvalue weighted by molar-refractivity contribution is 0.102. The van der Waals surface area contributed by atoms with Crippen molar-refractivity contribution in [2.45, 2.75) is 13.0 Å². The first kappa shape index (κ1) is 17.6. The first-order valence-corrected chi connectivity index (χ1v) is 10.3. The number of aromatic nitrogens is 3. The van der Waals surface area contributed by atoms with Gasteiger partial charge in [0.05, 0.1) is 29.2 Å². The van der Waals surface area contributed by atoms with Gasteiger partial charge < -0.3 is 9.88 Å². The van der Waals surface area contributed by atoms with E-state index in [2.05, 4.69) is 15.3 Å². The molecule has 27 heavy (non-hydrogen) atoms. The highest BCUT2D eigenvalue weighted by Crippen LogP contribution is 2.24. The predicted octanol–water partition coefficient (Wildman–Crippen LogP) is 1.54. The van der Waals surface area contributed by atoms with E-state index in [0.29, 0.717) is 24.2 Å². The number of nitrogens with zero attached hydrogens (tertiary/aromatic N) is 4. The maximum atomic E-state index is 12.8. The lowest BCUT2D eigenvalue weighted by Crippen LogP contribution is -2.36. The third kappa shape index (κ3) is 3.31. The molecule has 3 aromatic rings. The van der Waals surface area contributed by atoms with Crippen LogP contribution in [-0.4, -0.2) is 46.0 Å². The average Bonchev–Trinajstić information content (AvgIpc) is 3.00. The van der Waals surface area contributed by atoms with Crippen molar-refractivity contribution in [1.29, 1.82) is 0 Å². The Hall–Kier alpha value is -2.78. The summed E-state index contributed by atoms with van der Waals surface area (Å²) in [6.07, 6.45) is 6.55. The van der Waals surface area contributed by atoms with Crippen LogP contribution in [-0.2, 0) is 30.0 Å². The highest BCUT2D eigenvalue weighted by atomic mass is 32.2. The zero-order valence-corrected chi connectivity index (χ0v) is 15.8. The SMILES string of the molecule is Cn1cnc2cc(NC(=O)c3cncc4c3CCN(S(C)(=O)=O)C4)ccc21. The summed E-state index contributed by atoms with van der Waals surface area (Å²) in [4.78, 5) is 21.2. The standard InChI is InChI=1S/C18H19N5O3S/c1-22-11-20-16-7-13(3-4-17(16)22)21-18(24)15-9-19-8-12-10-23(27(2,25)26)6-5-14(12)15/h3-4,7-9,11H,5-6,10H2,1-2H3,(H,21,24). The molecule has 0 saturated heterocycles. The largest absolute Gasteiger partial charge is 0.334 e. The molecule has 2 aromatic heterocycles. The highest BCUT2D eigenvalue weighted by molar-refractivity contribution is 7.88. The molecule has 0 saturated carbocycles. The van der Waals surface area contributed by atoms with Gasteiger partial charge in [-0.05, 0) is 35.7 Å². The highest BCUT2D eigenvalue weighted by Gasteiger charge is 2.26. The zero-order valence-electron chi connectivity index (χ0n) is 15.0. The Morgan fingerprint density at radius 2 is 2.07 bits per heavy atom. The Kier molecular flexibility index (Phi) is 4.20. The Morgan fingerprint density at radius 3 is 2.85 bits per heavy atom. The van der Waals surface area contributed by atoms with E-state index in [1.54, 1.807) is 12.5 Å². The van der Waals surface area contributed by atoms with Gasteiger partial charge in [-0.2, -0.15) is 4.31 Å². The number of carbonyl (C=O) groups is 1. The number of nitrogens with one attached hydrogen (secondary N) is 1. The summed E-state index contributed by atoms with van der Waals surface area (Å²) in [7, 11) is -1.36. The van der Waals surface area contributed by atoms with Gasteiger partial charge in [0.1, 0.15) is 0 Å². The van der Waals surface area contributed by atoms with Crippen LogP contribution < -0.4 is 5.32 Å². The summed E-state index contributed by atoms with van der Waals surface area (Å²) < 4.78 is 26.9. The second-order valence-corrected chi connectivity index (χ2v) is 8.67. The smallest absolute Gasteiger partial charge is 0.257 e. The molecular formula is C18H19N5O3S. The van der Waals surface area contributed by atoms with E-state index >= 15 is 0 Å². The minimum atomic E-state index is -3.27. The summed E-state index contributed by atoms with van der Waals surface area (Å²) >= 11 is 0. The lowest BCUT2D eigenvalue weighted by Gasteiger charge is -2.27. The van der Waals surface area contributed by atoms with Gasteiger partial charge in [0.2, 0.25) is 10.0 Å². The van der Waals surface area contributed by atoms with E-state index in [1.165, 1.54) is 16.8 Å². The molecule has 8 nitrogen and oxygen atoms in total. The molecule has 1 aliphatic heterocycles. The van der Waals surface area contributed by atoms with Crippen LogP contribution in [0.5, 0.6) is 0 Å². The van der Waals surface area contributed by atoms with Gasteiger partial charge in [0.25, 0.3) is 5.91 Å². The fraction of sp³-hybridized carbons (Fsp3) is 0.278. The van der Waals surface area contributed by atoms with E-state index in [9.17, 15) is 13.2 Å². The van der Waals surface area contributed by atoms with Crippen LogP contribution in [0.1, 0.15) is 21.5 Å². The first-order chi connectivity index (χ1) is 12.8. The van der Waals surface area contributed by atoms with Crippen molar-refractivity contribution in [3.63, 3.8) is 0 Å². The van der Waals surface area contributed by atoms with Gasteiger partial charge in [-0.3, -0.25) is 9.78 Å². The number of imidazole rings is 1. The molecule has 1 aromatic carbocycles. The van der Waals surface area contributed by atoms with Crippen molar-refractivity contribution >= 4 is 32.7 Å². The molecule has 9 heteroatoms. The molecule has 0 spiro atoms. The molecule has 0 aliphatic carbocycles. The van der Waals surface area contributed by atoms with Crippen molar-refractivity contribution < 1.29 is 13.2 Å². The number of hydrogen-bond acceptors (Lipinski definition) is 5. The monoisotopic (exact) mass is 385 g/mol. The van der Waals surface area contributed by atoms with Gasteiger partial charge in [0, 0.05) is 38.2 Å². The van der Waals surface area contributed by atoms with Crippen LogP contribution in [0, 0.1) is 0 Å². The Labute approximate surface area is 156 Å². The molecule has 3 heterocycles. The quantitative estimate of drug-likeness (QED) is 0.738. The van der Waals surface area contributed by atoms with Gasteiger partial charge >= 0.3 is 0 Å². The van der Waals surface area contributed by atoms with E-state index in [0.717, 1.165) is 22.2 Å². The number of anilines is 1. The number of rotatable bonds is 3. The zero-order chi connectivity index (χ0) is 19.2. The van der Waals surface area contributed by atoms with Gasteiger partial charge in [-0.1, -0.05) is 0 Å². The molecule has 1 amide bonds. The minimum absolute atomic E-state index is 0.238. The van der Waals surface area contributed by atoms with Crippen LogP contribution >= 0.6 is 0 Å². The fourth-order valence-corrected chi connectivity index (χ4v) is 4.16. The predicted molar refractivity (Wildman–Crippen MR) is 102 cm³/mol. The Bertz CT molecular complexity index is 1150. The molecule has 1 aliphatic rings. The second-order valence-electron chi connectivity index (χ2n) is 6.68. The third-order valence-electron chi connectivity index (χ3n) is 4.80. The van der Waals surface area contributed by atoms with Crippen LogP contribution in [0.4, 0.5) is 5.69 Å². The molecule has 1 N–H and O–H groups in total. The first-order valence-electron chi connectivity index (χ1n) is 8.46. The minimum Gasteiger partial charge on any atom is -0.334 e. The second kappa shape index (κ2) is 6.43. The fourth-order valence-electron chi connectivity index (χ4n) is 3.36. The summed E-state index contributed by atoms with van der Waals surface area (Å²) in [5, 5.41) is 2.89. The molecule has 0 unspecified atom stereocenters. The number of sulfonamides is 1. The molecule has 4 rings (SSSR count). The van der Waals surface area contributed by atoms with E-state index in [1.807, 2.05) is 29.8 Å². The number of amides is 1. The number of aryl methyl sites for hydroxylation is 1. The van der Waals surface area contributed by atoms with Crippen molar-refractivity contribution in [3.05, 3.63) is 53.6 Å². The van der Waals surface area contributed by atoms with Gasteiger partial charge in [-0.15, -0.1) is 0 Å². The van der Waals surface area contributed by atoms with Crippen LogP contribution in [0.3, 0.4) is 0 Å². The normalized spacial score (nSPS) is 14.9. The van der Waals surface area contributed by atoms with Crippen molar-refractivity contribution in [1.82, 2.24) is 18.8 Å². The Morgan fingerprint density at radius 1 is 1.26 bits per heavy atom. The van der Waals surface area contributed by atoms with E-state index in [-0.39, 0.29) is 12.5 Å². The topological polar surface area (TPSA) is 97.2 Å². The van der Waals surface area contributed by atoms with Gasteiger partial charge in [0.15, 0.2) is 0 Å². The van der Waals surface area contributed by atoms with E-state index in [4.69, 9.17) is 0 Å². The molecule has 0 atom stereocenters. The summed E-state index contributed by atoms with van der Waals surface area (Å²) in [5.74, 6) is -0.262. The van der Waals surface area contributed by atoms with Gasteiger partial charge in [-0.25, -0.2) is 13.4 Å². The maximum Gasteiger partial charge on any atom is 0.257 e. The molecule has 0 radical (unpaired) electrons. The van der Waals surface area contributed by atoms with Crippen LogP contribution in [0.25, 0.3) is 11.0 Å². The van der Waals surface area contributed by atoms with E-state index < -0.39 is 10.0 Å². The number of hydrogen-bond donors (Lipinski definition) is 1. The number of fused-ring (bicyclic) bond motifs is 2. The number of pyridine rings is 1. The summed E-state index contributed by atoms with van der Waals surface area (Å²) in [5.41, 5.74) is 4.51. The molecular weight excluding hydrogens is 366 g/mol. The number of benzene rings is 1. The maximum absolute atomic E-state index is 12.8.